The summed E-state index contributed by atoms with van der Waals surface area (Å²) in [6.07, 6.45) is 0. The SMILES string of the molecule is c1ccc(-c2ccc3c(c2)c2cc(-c4cccc(-c5ccccc5-c5ccccc5-c5cccc(-c6ccc7c(c6)c6ccccc6n7-c6ccccc6)c5)c4)ccc2n3-c2ccccc2)cc1.c1ccc(-c2ccc3c(c2)c2cc(-c4ccccc4-c4ccccc4-c4ccccc4-c4ccccc4-c4ccc5c(c4)c4ccccc4n5-c4ccccc4)ccc2n3-c2ccccc2)cc1. The highest BCUT2D eigenvalue weighted by Gasteiger charge is 2.25. The summed E-state index contributed by atoms with van der Waals surface area (Å²) in [6, 6.07) is 195. The maximum Gasteiger partial charge on any atom is 0.0541 e. The predicted octanol–water partition coefficient (Wildman–Crippen LogP) is 35.8. The summed E-state index contributed by atoms with van der Waals surface area (Å²) >= 11 is 0. The summed E-state index contributed by atoms with van der Waals surface area (Å²) in [5.41, 5.74) is 43.0. The van der Waals surface area contributed by atoms with Crippen molar-refractivity contribution in [3.63, 3.8) is 0 Å². The van der Waals surface area contributed by atoms with E-state index in [1.54, 1.807) is 0 Å². The van der Waals surface area contributed by atoms with Gasteiger partial charge in [0, 0.05) is 65.8 Å². The number of hydrogen-bond acceptors (Lipinski definition) is 0. The topological polar surface area (TPSA) is 19.7 Å². The Morgan fingerprint density at radius 3 is 0.522 bits per heavy atom. The quantitative estimate of drug-likeness (QED) is 0.0919. The van der Waals surface area contributed by atoms with Gasteiger partial charge in [0.05, 0.1) is 44.1 Å². The van der Waals surface area contributed by atoms with Crippen LogP contribution in [0.1, 0.15) is 0 Å². The molecule has 0 fully saturated rings. The van der Waals surface area contributed by atoms with Gasteiger partial charge in [-0.1, -0.05) is 388 Å². The molecule has 636 valence electrons. The third kappa shape index (κ3) is 14.3. The molecule has 0 unspecified atom stereocenters. The van der Waals surface area contributed by atoms with Gasteiger partial charge in [0.15, 0.2) is 0 Å². The van der Waals surface area contributed by atoms with E-state index in [4.69, 9.17) is 0 Å². The summed E-state index contributed by atoms with van der Waals surface area (Å²) in [7, 11) is 0. The number of hydrogen-bond donors (Lipinski definition) is 0. The Bertz CT molecular complexity index is 9070. The molecule has 0 saturated carbocycles. The molecule has 0 aliphatic rings. The van der Waals surface area contributed by atoms with Gasteiger partial charge >= 0.3 is 0 Å². The lowest BCUT2D eigenvalue weighted by atomic mass is 9.85. The van der Waals surface area contributed by atoms with Crippen LogP contribution in [0.15, 0.2) is 534 Å². The van der Waals surface area contributed by atoms with Crippen molar-refractivity contribution in [1.82, 2.24) is 18.3 Å². The van der Waals surface area contributed by atoms with Crippen molar-refractivity contribution in [2.45, 2.75) is 0 Å². The number of para-hydroxylation sites is 6. The Kier molecular flexibility index (Phi) is 20.3. The fourth-order valence-corrected chi connectivity index (χ4v) is 21.2. The first kappa shape index (κ1) is 80.1. The summed E-state index contributed by atoms with van der Waals surface area (Å²) in [5.74, 6) is 0. The number of fused-ring (bicyclic) bond motifs is 12. The molecule has 4 nitrogen and oxygen atoms in total. The van der Waals surface area contributed by atoms with E-state index in [0.717, 1.165) is 17.1 Å². The van der Waals surface area contributed by atoms with Gasteiger partial charge in [-0.3, -0.25) is 0 Å². The molecular weight excluding hydrogens is 1640 g/mol. The number of benzene rings is 22. The molecule has 0 atom stereocenters. The molecule has 0 aliphatic carbocycles. The second kappa shape index (κ2) is 34.4. The van der Waals surface area contributed by atoms with Crippen LogP contribution in [-0.4, -0.2) is 18.3 Å². The van der Waals surface area contributed by atoms with E-state index in [1.165, 1.54) is 226 Å². The Labute approximate surface area is 790 Å². The highest BCUT2D eigenvalue weighted by Crippen LogP contribution is 2.49. The molecule has 4 heterocycles. The van der Waals surface area contributed by atoms with Gasteiger partial charge in [0.25, 0.3) is 0 Å². The Morgan fingerprint density at radius 2 is 0.250 bits per heavy atom. The van der Waals surface area contributed by atoms with Crippen LogP contribution in [0.25, 0.3) is 243 Å². The van der Waals surface area contributed by atoms with Crippen LogP contribution in [-0.2, 0) is 0 Å². The predicted molar refractivity (Wildman–Crippen MR) is 575 cm³/mol. The standard InChI is InChI=1S/2C66H44N2/c1-4-20-45(21-5-1)46-36-39-65-61(42-46)62-44-48(38-41-66(62)68(65)50-24-8-3-9-25-50)52-27-11-13-29-54(52)56-31-15-17-33-58(56)57-32-16-14-30-55(57)53-28-12-10-26-51(53)47-37-40-64-60(43-47)59-34-18-19-35-63(59)67(64)49-22-6-2-7-23-49;1-4-18-45(19-5-1)48-34-37-65-61(42-48)62-44-50(36-39-66(62)68(65)54-26-8-3-9-27-54)47-21-17-23-52(41-47)56-29-11-13-31-58(56)57-30-12-10-28-55(57)51-22-16-20-46(40-51)49-35-38-64-60(43-49)59-32-14-15-33-63(59)67(64)53-24-6-2-7-25-53/h2*1-44H. The molecule has 0 spiro atoms. The van der Waals surface area contributed by atoms with E-state index in [2.05, 4.69) is 552 Å². The second-order valence-electron chi connectivity index (χ2n) is 35.3. The summed E-state index contributed by atoms with van der Waals surface area (Å²) in [5, 5.41) is 9.93. The fraction of sp³-hybridized carbons (Fsp3) is 0. The van der Waals surface area contributed by atoms with E-state index in [9.17, 15) is 0 Å². The normalized spacial score (nSPS) is 11.5. The molecule has 4 heteroatoms. The Balaban J connectivity index is 0.000000145. The lowest BCUT2D eigenvalue weighted by Gasteiger charge is -2.19. The number of aromatic nitrogens is 4. The van der Waals surface area contributed by atoms with Crippen LogP contribution >= 0.6 is 0 Å². The minimum absolute atomic E-state index is 1.15. The molecule has 0 N–H and O–H groups in total. The van der Waals surface area contributed by atoms with Crippen molar-refractivity contribution < 1.29 is 0 Å². The highest BCUT2D eigenvalue weighted by atomic mass is 15.0. The zero-order valence-corrected chi connectivity index (χ0v) is 74.6. The Morgan fingerprint density at radius 1 is 0.0882 bits per heavy atom. The zero-order valence-electron chi connectivity index (χ0n) is 74.6. The molecule has 0 bridgehead atoms. The van der Waals surface area contributed by atoms with E-state index in [-0.39, 0.29) is 0 Å². The minimum atomic E-state index is 1.15. The van der Waals surface area contributed by atoms with Gasteiger partial charge < -0.3 is 18.3 Å². The molecular formula is C132H88N4. The van der Waals surface area contributed by atoms with E-state index in [1.807, 2.05) is 0 Å². The monoisotopic (exact) mass is 1730 g/mol. The maximum absolute atomic E-state index is 2.41. The first-order valence-corrected chi connectivity index (χ1v) is 46.8. The van der Waals surface area contributed by atoms with Crippen molar-refractivity contribution in [1.29, 1.82) is 0 Å². The zero-order chi connectivity index (χ0) is 89.9. The average molecular weight is 1730 g/mol. The molecule has 26 aromatic rings. The third-order valence-corrected chi connectivity index (χ3v) is 27.5. The van der Waals surface area contributed by atoms with E-state index >= 15 is 0 Å². The molecule has 0 amide bonds. The molecule has 0 radical (unpaired) electrons. The molecule has 4 aromatic heterocycles. The van der Waals surface area contributed by atoms with Crippen molar-refractivity contribution in [3.8, 4) is 156 Å². The van der Waals surface area contributed by atoms with Crippen LogP contribution in [0, 0.1) is 0 Å². The van der Waals surface area contributed by atoms with Crippen molar-refractivity contribution in [2.75, 3.05) is 0 Å². The van der Waals surface area contributed by atoms with Gasteiger partial charge in [-0.05, 0) is 279 Å². The van der Waals surface area contributed by atoms with Gasteiger partial charge in [-0.2, -0.15) is 0 Å². The lowest BCUT2D eigenvalue weighted by Crippen LogP contribution is -1.94. The number of rotatable bonds is 16. The first-order valence-electron chi connectivity index (χ1n) is 46.8. The van der Waals surface area contributed by atoms with Gasteiger partial charge in [0.2, 0.25) is 0 Å². The van der Waals surface area contributed by atoms with E-state index < -0.39 is 0 Å². The van der Waals surface area contributed by atoms with Crippen molar-refractivity contribution in [2.24, 2.45) is 0 Å². The largest absolute Gasteiger partial charge is 0.309 e. The van der Waals surface area contributed by atoms with Crippen LogP contribution < -0.4 is 0 Å². The van der Waals surface area contributed by atoms with Gasteiger partial charge in [-0.25, -0.2) is 0 Å². The number of nitrogens with zero attached hydrogens (tertiary/aromatic N) is 4. The molecule has 22 aromatic carbocycles. The van der Waals surface area contributed by atoms with E-state index in [0.29, 0.717) is 0 Å². The van der Waals surface area contributed by atoms with Crippen LogP contribution in [0.4, 0.5) is 0 Å². The lowest BCUT2D eigenvalue weighted by molar-refractivity contribution is 1.18. The smallest absolute Gasteiger partial charge is 0.0541 e. The summed E-state index contributed by atoms with van der Waals surface area (Å²) in [4.78, 5) is 0. The van der Waals surface area contributed by atoms with Crippen LogP contribution in [0.5, 0.6) is 0 Å². The Hall–Kier alpha value is -18.0. The summed E-state index contributed by atoms with van der Waals surface area (Å²) in [6.45, 7) is 0. The van der Waals surface area contributed by atoms with Crippen LogP contribution in [0.2, 0.25) is 0 Å². The molecule has 0 saturated heterocycles. The highest BCUT2D eigenvalue weighted by molar-refractivity contribution is 6.16. The maximum atomic E-state index is 2.41. The third-order valence-electron chi connectivity index (χ3n) is 27.5. The van der Waals surface area contributed by atoms with Gasteiger partial charge in [-0.15, -0.1) is 0 Å². The molecule has 26 rings (SSSR count). The second-order valence-corrected chi connectivity index (χ2v) is 35.3. The van der Waals surface area contributed by atoms with Crippen molar-refractivity contribution >= 4 is 87.2 Å². The van der Waals surface area contributed by atoms with Gasteiger partial charge in [0.1, 0.15) is 0 Å². The van der Waals surface area contributed by atoms with Crippen molar-refractivity contribution in [3.05, 3.63) is 534 Å². The molecule has 0 aliphatic heterocycles. The first-order chi connectivity index (χ1) is 67.5. The minimum Gasteiger partial charge on any atom is -0.309 e. The average Bonchev–Trinajstić information content (AvgIpc) is 1.62. The summed E-state index contributed by atoms with van der Waals surface area (Å²) < 4.78 is 9.56. The fourth-order valence-electron chi connectivity index (χ4n) is 21.2. The molecule has 136 heavy (non-hydrogen) atoms. The van der Waals surface area contributed by atoms with Crippen LogP contribution in [0.3, 0.4) is 0 Å².